The Kier molecular flexibility index (Phi) is 5.45. The van der Waals surface area contributed by atoms with Gasteiger partial charge in [-0.25, -0.2) is 13.1 Å². The lowest BCUT2D eigenvalue weighted by Gasteiger charge is -2.26. The summed E-state index contributed by atoms with van der Waals surface area (Å²) >= 11 is 0. The molecule has 0 bridgehead atoms. The van der Waals surface area contributed by atoms with Gasteiger partial charge in [0.15, 0.2) is 6.61 Å². The number of hydrogen-bond donors (Lipinski definition) is 2. The lowest BCUT2D eigenvalue weighted by molar-refractivity contribution is -0.122. The van der Waals surface area contributed by atoms with E-state index in [-0.39, 0.29) is 42.3 Å². The first kappa shape index (κ1) is 18.2. The summed E-state index contributed by atoms with van der Waals surface area (Å²) < 4.78 is 32.3. The van der Waals surface area contributed by atoms with Crippen LogP contribution in [0.25, 0.3) is 0 Å². The lowest BCUT2D eigenvalue weighted by atomic mass is 10.2. The second kappa shape index (κ2) is 7.18. The predicted molar refractivity (Wildman–Crippen MR) is 88.4 cm³/mol. The molecule has 8 nitrogen and oxygen atoms in total. The van der Waals surface area contributed by atoms with E-state index in [4.69, 9.17) is 4.74 Å². The molecule has 0 aliphatic carbocycles. The molecule has 24 heavy (non-hydrogen) atoms. The number of nitrogens with zero attached hydrogens (tertiary/aromatic N) is 1. The molecule has 0 atom stereocenters. The standard InChI is InChI=1S/C15H21N3O5S/c1-10(2)17-14(19)6-7-16-24(21,22)11-4-5-13-12(8-11)18(3)15(20)9-23-13/h4-5,8,10,16H,6-7,9H2,1-3H3,(H,17,19). The number of likely N-dealkylation sites (N-methyl/N-ethyl adjacent to an activating group) is 1. The number of fused-ring (bicyclic) bond motifs is 1. The Morgan fingerprint density at radius 1 is 1.38 bits per heavy atom. The monoisotopic (exact) mass is 355 g/mol. The third kappa shape index (κ3) is 4.24. The van der Waals surface area contributed by atoms with Crippen LogP contribution < -0.4 is 19.7 Å². The predicted octanol–water partition coefficient (Wildman–Crippen LogP) is 0.235. The van der Waals surface area contributed by atoms with Crippen molar-refractivity contribution in [1.82, 2.24) is 10.0 Å². The van der Waals surface area contributed by atoms with Gasteiger partial charge >= 0.3 is 0 Å². The Bertz CT molecular complexity index is 745. The average Bonchev–Trinajstić information content (AvgIpc) is 2.50. The van der Waals surface area contributed by atoms with E-state index in [1.165, 1.54) is 23.1 Å². The maximum atomic E-state index is 12.3. The Morgan fingerprint density at radius 2 is 2.08 bits per heavy atom. The zero-order valence-electron chi connectivity index (χ0n) is 13.8. The summed E-state index contributed by atoms with van der Waals surface area (Å²) in [6, 6.07) is 4.29. The number of ether oxygens (including phenoxy) is 1. The summed E-state index contributed by atoms with van der Waals surface area (Å²) in [5, 5.41) is 2.69. The fraction of sp³-hybridized carbons (Fsp3) is 0.467. The van der Waals surface area contributed by atoms with Gasteiger partial charge in [-0.05, 0) is 32.0 Å². The van der Waals surface area contributed by atoms with Crippen molar-refractivity contribution in [3.8, 4) is 5.75 Å². The number of sulfonamides is 1. The highest BCUT2D eigenvalue weighted by Crippen LogP contribution is 2.33. The Hall–Kier alpha value is -2.13. The van der Waals surface area contributed by atoms with Crippen LogP contribution in [0.2, 0.25) is 0 Å². The van der Waals surface area contributed by atoms with Crippen LogP contribution in [0.4, 0.5) is 5.69 Å². The number of amides is 2. The molecule has 0 radical (unpaired) electrons. The molecule has 2 amide bonds. The minimum atomic E-state index is -3.78. The number of carbonyl (C=O) groups excluding carboxylic acids is 2. The van der Waals surface area contributed by atoms with Crippen LogP contribution in [0, 0.1) is 0 Å². The number of nitrogens with one attached hydrogen (secondary N) is 2. The molecule has 2 N–H and O–H groups in total. The van der Waals surface area contributed by atoms with Crippen molar-refractivity contribution in [2.24, 2.45) is 0 Å². The van der Waals surface area contributed by atoms with E-state index in [9.17, 15) is 18.0 Å². The third-order valence-electron chi connectivity index (χ3n) is 3.42. The topological polar surface area (TPSA) is 105 Å². The van der Waals surface area contributed by atoms with Gasteiger partial charge in [0.25, 0.3) is 5.91 Å². The van der Waals surface area contributed by atoms with E-state index >= 15 is 0 Å². The highest BCUT2D eigenvalue weighted by Gasteiger charge is 2.25. The summed E-state index contributed by atoms with van der Waals surface area (Å²) in [5.74, 6) is -0.0282. The summed E-state index contributed by atoms with van der Waals surface area (Å²) in [5.41, 5.74) is 0.395. The first-order valence-electron chi connectivity index (χ1n) is 7.53. The molecule has 1 aliphatic rings. The van der Waals surface area contributed by atoms with Gasteiger partial charge in [0.05, 0.1) is 10.6 Å². The molecule has 0 fully saturated rings. The minimum absolute atomic E-state index is 0.00262. The van der Waals surface area contributed by atoms with Crippen LogP contribution in [0.3, 0.4) is 0 Å². The van der Waals surface area contributed by atoms with Crippen molar-refractivity contribution in [2.75, 3.05) is 25.1 Å². The van der Waals surface area contributed by atoms with Crippen molar-refractivity contribution < 1.29 is 22.7 Å². The number of anilines is 1. The lowest BCUT2D eigenvalue weighted by Crippen LogP contribution is -2.36. The van der Waals surface area contributed by atoms with Gasteiger partial charge in [0.2, 0.25) is 15.9 Å². The van der Waals surface area contributed by atoms with Gasteiger partial charge in [0, 0.05) is 26.1 Å². The molecule has 0 saturated heterocycles. The molecule has 0 aromatic heterocycles. The quantitative estimate of drug-likeness (QED) is 0.760. The average molecular weight is 355 g/mol. The third-order valence-corrected chi connectivity index (χ3v) is 4.88. The van der Waals surface area contributed by atoms with Crippen molar-refractivity contribution in [2.45, 2.75) is 31.2 Å². The molecular weight excluding hydrogens is 334 g/mol. The molecule has 0 saturated carbocycles. The van der Waals surface area contributed by atoms with Crippen LogP contribution in [0.15, 0.2) is 23.1 Å². The fourth-order valence-corrected chi connectivity index (χ4v) is 3.25. The highest BCUT2D eigenvalue weighted by molar-refractivity contribution is 7.89. The largest absolute Gasteiger partial charge is 0.482 e. The Labute approximate surface area is 141 Å². The molecule has 2 rings (SSSR count). The zero-order valence-corrected chi connectivity index (χ0v) is 14.6. The molecule has 1 aromatic carbocycles. The van der Waals surface area contributed by atoms with Gasteiger partial charge in [-0.15, -0.1) is 0 Å². The van der Waals surface area contributed by atoms with Gasteiger partial charge in [-0.2, -0.15) is 0 Å². The van der Waals surface area contributed by atoms with Crippen molar-refractivity contribution in [3.05, 3.63) is 18.2 Å². The van der Waals surface area contributed by atoms with E-state index in [1.807, 2.05) is 13.8 Å². The van der Waals surface area contributed by atoms with Crippen LogP contribution in [-0.4, -0.2) is 46.5 Å². The normalized spacial score (nSPS) is 14.3. The molecule has 1 heterocycles. The number of benzene rings is 1. The van der Waals surface area contributed by atoms with Gasteiger partial charge in [-0.1, -0.05) is 0 Å². The first-order valence-corrected chi connectivity index (χ1v) is 9.01. The van der Waals surface area contributed by atoms with Crippen LogP contribution >= 0.6 is 0 Å². The van der Waals surface area contributed by atoms with Gasteiger partial charge in [-0.3, -0.25) is 9.59 Å². The van der Waals surface area contributed by atoms with Crippen molar-refractivity contribution >= 4 is 27.5 Å². The second-order valence-corrected chi connectivity index (χ2v) is 7.51. The SMILES string of the molecule is CC(C)NC(=O)CCNS(=O)(=O)c1ccc2c(c1)N(C)C(=O)CO2. The molecule has 1 aromatic rings. The molecule has 132 valence electrons. The molecule has 1 aliphatic heterocycles. The Balaban J connectivity index is 2.07. The van der Waals surface area contributed by atoms with Crippen molar-refractivity contribution in [1.29, 1.82) is 0 Å². The first-order chi connectivity index (χ1) is 11.2. The zero-order chi connectivity index (χ0) is 17.9. The fourth-order valence-electron chi connectivity index (χ4n) is 2.20. The van der Waals surface area contributed by atoms with Gasteiger partial charge in [0.1, 0.15) is 5.75 Å². The molecular formula is C15H21N3O5S. The second-order valence-electron chi connectivity index (χ2n) is 5.74. The molecule has 9 heteroatoms. The summed E-state index contributed by atoms with van der Waals surface area (Å²) in [6.45, 7) is 3.58. The van der Waals surface area contributed by atoms with E-state index in [0.717, 1.165) is 0 Å². The van der Waals surface area contributed by atoms with Crippen LogP contribution in [0.1, 0.15) is 20.3 Å². The summed E-state index contributed by atoms with van der Waals surface area (Å²) in [6.07, 6.45) is 0.0455. The van der Waals surface area contributed by atoms with E-state index in [0.29, 0.717) is 11.4 Å². The van der Waals surface area contributed by atoms with E-state index < -0.39 is 10.0 Å². The molecule has 0 spiro atoms. The Morgan fingerprint density at radius 3 is 2.75 bits per heavy atom. The van der Waals surface area contributed by atoms with Crippen LogP contribution in [-0.2, 0) is 19.6 Å². The molecule has 0 unspecified atom stereocenters. The highest BCUT2D eigenvalue weighted by atomic mass is 32.2. The van der Waals surface area contributed by atoms with Gasteiger partial charge < -0.3 is 15.0 Å². The maximum absolute atomic E-state index is 12.3. The summed E-state index contributed by atoms with van der Waals surface area (Å²) in [7, 11) is -2.22. The maximum Gasteiger partial charge on any atom is 0.264 e. The van der Waals surface area contributed by atoms with Crippen LogP contribution in [0.5, 0.6) is 5.75 Å². The summed E-state index contributed by atoms with van der Waals surface area (Å²) in [4.78, 5) is 24.5. The van der Waals surface area contributed by atoms with E-state index in [1.54, 1.807) is 7.05 Å². The number of rotatable bonds is 6. The van der Waals surface area contributed by atoms with Crippen molar-refractivity contribution in [3.63, 3.8) is 0 Å². The number of hydrogen-bond acceptors (Lipinski definition) is 5. The minimum Gasteiger partial charge on any atom is -0.482 e. The van der Waals surface area contributed by atoms with E-state index in [2.05, 4.69) is 10.0 Å². The smallest absolute Gasteiger partial charge is 0.264 e. The number of carbonyl (C=O) groups is 2.